The van der Waals surface area contributed by atoms with E-state index in [4.69, 9.17) is 20.5 Å². The number of hydrogen-bond donors (Lipinski definition) is 3. The van der Waals surface area contributed by atoms with Gasteiger partial charge in [-0.1, -0.05) is 143 Å². The van der Waals surface area contributed by atoms with Crippen molar-refractivity contribution >= 4 is 25.3 Å². The first kappa shape index (κ1) is 39.9. The molecule has 0 fully saturated rings. The molecule has 4 atom stereocenters. The van der Waals surface area contributed by atoms with Gasteiger partial charge in [-0.3, -0.25) is 9.13 Å². The highest BCUT2D eigenvalue weighted by atomic mass is 31.2. The summed E-state index contributed by atoms with van der Waals surface area (Å²) in [6.45, 7) is 8.17. The highest BCUT2D eigenvalue weighted by molar-refractivity contribution is 7.68. The van der Waals surface area contributed by atoms with Crippen LogP contribution in [0.25, 0.3) is 22.3 Å². The Labute approximate surface area is 342 Å². The Morgan fingerprint density at radius 1 is 0.552 bits per heavy atom. The topological polar surface area (TPSA) is 125 Å². The summed E-state index contributed by atoms with van der Waals surface area (Å²) in [7, 11) is -7.64. The van der Waals surface area contributed by atoms with E-state index in [2.05, 4.69) is 13.8 Å². The maximum Gasteiger partial charge on any atom is 0.289 e. The summed E-state index contributed by atoms with van der Waals surface area (Å²) >= 11 is 0. The van der Waals surface area contributed by atoms with E-state index >= 15 is 9.13 Å². The number of benzene rings is 6. The number of fused-ring (bicyclic) bond motifs is 6. The van der Waals surface area contributed by atoms with E-state index < -0.39 is 37.1 Å². The Morgan fingerprint density at radius 3 is 1.55 bits per heavy atom. The molecule has 2 heterocycles. The monoisotopic (exact) mass is 810 g/mol. The van der Waals surface area contributed by atoms with Crippen LogP contribution in [0.1, 0.15) is 87.0 Å². The van der Waals surface area contributed by atoms with Crippen LogP contribution in [-0.4, -0.2) is 16.2 Å². The number of para-hydroxylation sites is 3. The number of rotatable bonds is 12. The summed E-state index contributed by atoms with van der Waals surface area (Å²) in [6, 6.07) is 44.2. The van der Waals surface area contributed by atoms with E-state index in [0.29, 0.717) is 58.1 Å². The smallest absolute Gasteiger partial charge is 0.289 e. The molecule has 0 aromatic heterocycles. The zero-order chi connectivity index (χ0) is 40.9. The van der Waals surface area contributed by atoms with Gasteiger partial charge in [0.15, 0.2) is 0 Å². The van der Waals surface area contributed by atoms with E-state index in [9.17, 15) is 5.11 Å². The van der Waals surface area contributed by atoms with Crippen molar-refractivity contribution in [1.82, 2.24) is 0 Å². The molecule has 0 aliphatic carbocycles. The summed E-state index contributed by atoms with van der Waals surface area (Å²) in [6.07, 6.45) is 3.01. The second kappa shape index (κ2) is 15.4. The first-order valence-corrected chi connectivity index (χ1v) is 23.8. The lowest BCUT2D eigenvalue weighted by molar-refractivity contribution is 0.353. The van der Waals surface area contributed by atoms with Crippen molar-refractivity contribution in [2.45, 2.75) is 82.2 Å². The number of hydrogen-bond acceptors (Lipinski definition) is 7. The van der Waals surface area contributed by atoms with Gasteiger partial charge in [-0.15, -0.1) is 0 Å². The second-order valence-corrected chi connectivity index (χ2v) is 20.7. The van der Waals surface area contributed by atoms with Crippen molar-refractivity contribution < 1.29 is 23.3 Å². The van der Waals surface area contributed by atoms with Crippen molar-refractivity contribution in [3.63, 3.8) is 0 Å². The molecule has 0 saturated heterocycles. The molecule has 0 bridgehead atoms. The summed E-state index contributed by atoms with van der Waals surface area (Å²) in [5.41, 5.74) is 17.1. The van der Waals surface area contributed by atoms with Crippen LogP contribution in [0.5, 0.6) is 17.2 Å². The predicted octanol–water partition coefficient (Wildman–Crippen LogP) is 11.4. The van der Waals surface area contributed by atoms with Gasteiger partial charge < -0.3 is 25.6 Å². The summed E-state index contributed by atoms with van der Waals surface area (Å²) in [5.74, 6) is 1.13. The minimum Gasteiger partial charge on any atom is -0.507 e. The maximum atomic E-state index is 16.2. The molecule has 6 aromatic carbocycles. The lowest BCUT2D eigenvalue weighted by atomic mass is 9.85. The number of phenols is 1. The molecule has 2 aliphatic rings. The summed E-state index contributed by atoms with van der Waals surface area (Å²) in [4.78, 5) is 0. The van der Waals surface area contributed by atoms with Crippen LogP contribution in [-0.2, 0) is 15.6 Å². The summed E-state index contributed by atoms with van der Waals surface area (Å²) in [5, 5.41) is 13.5. The fourth-order valence-electron chi connectivity index (χ4n) is 9.03. The Hall–Kier alpha value is -4.90. The third-order valence-electron chi connectivity index (χ3n) is 12.8. The molecule has 0 spiro atoms. The lowest BCUT2D eigenvalue weighted by Crippen LogP contribution is -2.46. The van der Waals surface area contributed by atoms with Gasteiger partial charge in [0.1, 0.15) is 22.9 Å². The highest BCUT2D eigenvalue weighted by Crippen LogP contribution is 2.69. The normalized spacial score (nSPS) is 19.3. The van der Waals surface area contributed by atoms with Gasteiger partial charge in [-0.05, 0) is 84.2 Å². The van der Waals surface area contributed by atoms with Gasteiger partial charge in [0, 0.05) is 27.8 Å². The first-order chi connectivity index (χ1) is 27.9. The van der Waals surface area contributed by atoms with Crippen LogP contribution in [0, 0.1) is 0 Å². The standard InChI is InChI=1S/C49H52N2O5P2/c1-5-48(50,6-2)32-35-18-17-23-40(45(35)52)46(57(53)43-26-15-11-21-38(43)36-19-9-13-24-41(36)55-57)33-28-30-34(31-29-33)47(49(51,7-3)8-4)58(54)44-27-16-12-22-39(44)37-20-10-14-25-42(37)56-58/h9-31,46-47,52H,5-8,32,50-51H2,1-4H3. The predicted molar refractivity (Wildman–Crippen MR) is 237 cm³/mol. The van der Waals surface area contributed by atoms with Gasteiger partial charge in [0.05, 0.1) is 16.3 Å². The third-order valence-corrected chi connectivity index (χ3v) is 18.6. The quantitative estimate of drug-likeness (QED) is 0.105. The summed E-state index contributed by atoms with van der Waals surface area (Å²) < 4.78 is 45.5. The first-order valence-electron chi connectivity index (χ1n) is 20.4. The molecule has 0 saturated carbocycles. The van der Waals surface area contributed by atoms with Gasteiger partial charge >= 0.3 is 0 Å². The van der Waals surface area contributed by atoms with Crippen LogP contribution < -0.4 is 31.1 Å². The van der Waals surface area contributed by atoms with Crippen molar-refractivity contribution in [3.8, 4) is 39.5 Å². The zero-order valence-electron chi connectivity index (χ0n) is 33.6. The minimum atomic E-state index is -3.90. The molecule has 0 amide bonds. The molecule has 8 rings (SSSR count). The Bertz CT molecular complexity index is 2580. The lowest BCUT2D eigenvalue weighted by Gasteiger charge is -2.43. The number of nitrogens with two attached hydrogens (primary N) is 2. The average molecular weight is 811 g/mol. The molecule has 0 radical (unpaired) electrons. The van der Waals surface area contributed by atoms with Crippen LogP contribution in [0.15, 0.2) is 140 Å². The molecular formula is C49H52N2O5P2. The number of phenolic OH excluding ortho intramolecular Hbond substituents is 1. The van der Waals surface area contributed by atoms with Crippen molar-refractivity contribution in [3.05, 3.63) is 162 Å². The molecule has 58 heavy (non-hydrogen) atoms. The van der Waals surface area contributed by atoms with Gasteiger partial charge in [-0.25, -0.2) is 0 Å². The molecule has 298 valence electrons. The fourth-order valence-corrected chi connectivity index (χ4v) is 15.3. The van der Waals surface area contributed by atoms with E-state index in [1.807, 2.05) is 153 Å². The molecule has 6 aromatic rings. The largest absolute Gasteiger partial charge is 0.507 e. The van der Waals surface area contributed by atoms with E-state index in [1.54, 1.807) is 0 Å². The van der Waals surface area contributed by atoms with Gasteiger partial charge in [0.2, 0.25) is 0 Å². The van der Waals surface area contributed by atoms with Crippen molar-refractivity contribution in [2.24, 2.45) is 11.5 Å². The fraction of sp³-hybridized carbons (Fsp3) is 0.265. The molecular weight excluding hydrogens is 758 g/mol. The molecule has 4 unspecified atom stereocenters. The maximum absolute atomic E-state index is 16.2. The van der Waals surface area contributed by atoms with Gasteiger partial charge in [0.25, 0.3) is 14.7 Å². The van der Waals surface area contributed by atoms with Crippen molar-refractivity contribution in [2.75, 3.05) is 0 Å². The second-order valence-electron chi connectivity index (χ2n) is 15.9. The third kappa shape index (κ3) is 6.53. The molecule has 9 heteroatoms. The highest BCUT2D eigenvalue weighted by Gasteiger charge is 2.52. The van der Waals surface area contributed by atoms with Crippen LogP contribution in [0.2, 0.25) is 0 Å². The molecule has 7 nitrogen and oxygen atoms in total. The Balaban J connectivity index is 1.32. The molecule has 5 N–H and O–H groups in total. The SMILES string of the molecule is CCC(N)(CC)Cc1cccc(C(c2ccc(C(C(N)(CC)CC)P3(=O)Oc4ccccc4-c4ccccc43)cc2)P2(=O)Oc3ccccc3-c3ccccc32)c1O. The van der Waals surface area contributed by atoms with Crippen molar-refractivity contribution in [1.29, 1.82) is 0 Å². The number of aromatic hydroxyl groups is 1. The average Bonchev–Trinajstić information content (AvgIpc) is 3.25. The van der Waals surface area contributed by atoms with Crippen LogP contribution >= 0.6 is 14.7 Å². The van der Waals surface area contributed by atoms with Crippen LogP contribution in [0.3, 0.4) is 0 Å². The van der Waals surface area contributed by atoms with E-state index in [0.717, 1.165) is 40.7 Å². The Kier molecular flexibility index (Phi) is 10.6. The van der Waals surface area contributed by atoms with Gasteiger partial charge in [-0.2, -0.15) is 0 Å². The molecule has 2 aliphatic heterocycles. The Morgan fingerprint density at radius 2 is 1.02 bits per heavy atom. The zero-order valence-corrected chi connectivity index (χ0v) is 35.4. The van der Waals surface area contributed by atoms with E-state index in [-0.39, 0.29) is 5.75 Å². The minimum absolute atomic E-state index is 0.0506. The van der Waals surface area contributed by atoms with Crippen LogP contribution in [0.4, 0.5) is 0 Å². The van der Waals surface area contributed by atoms with E-state index in [1.165, 1.54) is 0 Å².